The number of benzene rings is 1. The Labute approximate surface area is 127 Å². The van der Waals surface area contributed by atoms with Gasteiger partial charge in [-0.3, -0.25) is 9.19 Å². The fourth-order valence-electron chi connectivity index (χ4n) is 2.15. The number of rotatable bonds is 6. The van der Waals surface area contributed by atoms with Crippen molar-refractivity contribution < 1.29 is 9.32 Å². The third-order valence-corrected chi connectivity index (χ3v) is 4.01. The molecule has 1 aromatic heterocycles. The van der Waals surface area contributed by atoms with Crippen LogP contribution in [0, 0.1) is 6.92 Å². The van der Waals surface area contributed by atoms with Crippen LogP contribution in [0.4, 0.5) is 0 Å². The number of nitrogens with one attached hydrogen (secondary N) is 1. The molecule has 1 aromatic carbocycles. The fraction of sp³-hybridized carbons (Fsp3) is 0.312. The van der Waals surface area contributed by atoms with Crippen LogP contribution in [0.5, 0.6) is 5.75 Å². The van der Waals surface area contributed by atoms with Crippen LogP contribution < -0.4 is 5.32 Å². The minimum Gasteiger partial charge on any atom is -0.506 e. The Balaban J connectivity index is 2.12. The molecule has 0 saturated carbocycles. The third kappa shape index (κ3) is 4.65. The summed E-state index contributed by atoms with van der Waals surface area (Å²) in [4.78, 5) is 4.33. The highest BCUT2D eigenvalue weighted by Crippen LogP contribution is 2.18. The molecule has 2 aromatic rings. The maximum absolute atomic E-state index is 11.6. The highest BCUT2D eigenvalue weighted by molar-refractivity contribution is 7.84. The van der Waals surface area contributed by atoms with Crippen molar-refractivity contribution >= 4 is 10.8 Å². The van der Waals surface area contributed by atoms with E-state index in [2.05, 4.69) is 10.3 Å². The van der Waals surface area contributed by atoms with E-state index < -0.39 is 10.8 Å². The van der Waals surface area contributed by atoms with Crippen LogP contribution in [0.2, 0.25) is 0 Å². The molecule has 0 bridgehead atoms. The lowest BCUT2D eigenvalue weighted by atomic mass is 10.1. The van der Waals surface area contributed by atoms with Gasteiger partial charge in [-0.15, -0.1) is 0 Å². The number of hydrogen-bond acceptors (Lipinski definition) is 4. The van der Waals surface area contributed by atoms with Gasteiger partial charge in [0.15, 0.2) is 0 Å². The average Bonchev–Trinajstić information content (AvgIpc) is 2.47. The first kappa shape index (κ1) is 15.7. The topological polar surface area (TPSA) is 62.2 Å². The van der Waals surface area contributed by atoms with Crippen molar-refractivity contribution in [1.82, 2.24) is 10.3 Å². The van der Waals surface area contributed by atoms with Crippen LogP contribution in [-0.2, 0) is 17.3 Å². The highest BCUT2D eigenvalue weighted by Gasteiger charge is 2.14. The Hall–Kier alpha value is -1.72. The summed E-state index contributed by atoms with van der Waals surface area (Å²) in [5.41, 5.74) is 2.55. The first-order valence-electron chi connectivity index (χ1n) is 6.80. The lowest BCUT2D eigenvalue weighted by molar-refractivity contribution is 0.454. The summed E-state index contributed by atoms with van der Waals surface area (Å²) < 4.78 is 11.6. The lowest BCUT2D eigenvalue weighted by Crippen LogP contribution is -2.26. The quantitative estimate of drug-likeness (QED) is 0.859. The van der Waals surface area contributed by atoms with Gasteiger partial charge >= 0.3 is 0 Å². The fourth-order valence-corrected chi connectivity index (χ4v) is 2.93. The molecule has 2 atom stereocenters. The highest BCUT2D eigenvalue weighted by atomic mass is 32.2. The number of aromatic nitrogens is 1. The van der Waals surface area contributed by atoms with Crippen molar-refractivity contribution in [3.05, 3.63) is 59.4 Å². The van der Waals surface area contributed by atoms with Crippen LogP contribution in [0.25, 0.3) is 0 Å². The molecule has 1 heterocycles. The summed E-state index contributed by atoms with van der Waals surface area (Å²) >= 11 is 0. The van der Waals surface area contributed by atoms with Crippen molar-refractivity contribution in [2.45, 2.75) is 19.5 Å². The van der Waals surface area contributed by atoms with E-state index in [1.54, 1.807) is 18.4 Å². The van der Waals surface area contributed by atoms with Crippen molar-refractivity contribution in [3.63, 3.8) is 0 Å². The molecule has 0 aliphatic heterocycles. The standard InChI is InChI=1S/C16H20N2O2S/c1-12-8-9-16(19)14(18-12)10-17-15(11-21(2)20)13-6-4-3-5-7-13/h3-9,15,17,19H,10-11H2,1-2H3/t15-,21-/m1/s1. The number of hydrogen-bond donors (Lipinski definition) is 2. The molecule has 0 unspecified atom stereocenters. The third-order valence-electron chi connectivity index (χ3n) is 3.21. The molecule has 112 valence electrons. The van der Waals surface area contributed by atoms with Gasteiger partial charge in [0, 0.05) is 41.1 Å². The molecule has 0 spiro atoms. The van der Waals surface area contributed by atoms with E-state index in [-0.39, 0.29) is 11.8 Å². The molecule has 4 nitrogen and oxygen atoms in total. The first-order chi connectivity index (χ1) is 10.1. The zero-order valence-corrected chi connectivity index (χ0v) is 13.1. The van der Waals surface area contributed by atoms with E-state index >= 15 is 0 Å². The van der Waals surface area contributed by atoms with Gasteiger partial charge in [-0.1, -0.05) is 30.3 Å². The summed E-state index contributed by atoms with van der Waals surface area (Å²) in [5, 5.41) is 13.2. The van der Waals surface area contributed by atoms with E-state index in [0.717, 1.165) is 11.3 Å². The Morgan fingerprint density at radius 3 is 2.62 bits per heavy atom. The van der Waals surface area contributed by atoms with Gasteiger partial charge in [-0.05, 0) is 24.6 Å². The van der Waals surface area contributed by atoms with Crippen LogP contribution in [-0.4, -0.2) is 26.3 Å². The van der Waals surface area contributed by atoms with Gasteiger partial charge < -0.3 is 10.4 Å². The molecule has 21 heavy (non-hydrogen) atoms. The smallest absolute Gasteiger partial charge is 0.138 e. The molecule has 0 radical (unpaired) electrons. The summed E-state index contributed by atoms with van der Waals surface area (Å²) in [5.74, 6) is 0.703. The molecular formula is C16H20N2O2S. The summed E-state index contributed by atoms with van der Waals surface area (Å²) in [6.07, 6.45) is 1.69. The number of nitrogens with zero attached hydrogens (tertiary/aromatic N) is 1. The van der Waals surface area contributed by atoms with Crippen molar-refractivity contribution in [3.8, 4) is 5.75 Å². The molecule has 0 saturated heterocycles. The minimum absolute atomic E-state index is 0.0289. The zero-order chi connectivity index (χ0) is 15.2. The van der Waals surface area contributed by atoms with E-state index in [1.165, 1.54) is 0 Å². The zero-order valence-electron chi connectivity index (χ0n) is 12.2. The van der Waals surface area contributed by atoms with Crippen LogP contribution in [0.3, 0.4) is 0 Å². The van der Waals surface area contributed by atoms with Crippen molar-refractivity contribution in [2.24, 2.45) is 0 Å². The van der Waals surface area contributed by atoms with Crippen molar-refractivity contribution in [2.75, 3.05) is 12.0 Å². The summed E-state index contributed by atoms with van der Waals surface area (Å²) in [6.45, 7) is 2.32. The maximum Gasteiger partial charge on any atom is 0.138 e. The Morgan fingerprint density at radius 2 is 1.95 bits per heavy atom. The lowest BCUT2D eigenvalue weighted by Gasteiger charge is -2.18. The number of aromatic hydroxyl groups is 1. The SMILES string of the molecule is Cc1ccc(O)c(CN[C@H](C[S@@](C)=O)c2ccccc2)n1. The van der Waals surface area contributed by atoms with Gasteiger partial charge in [0.05, 0.1) is 5.69 Å². The minimum atomic E-state index is -0.909. The molecule has 0 amide bonds. The molecule has 2 N–H and O–H groups in total. The summed E-state index contributed by atoms with van der Waals surface area (Å²) in [6, 6.07) is 13.3. The summed E-state index contributed by atoms with van der Waals surface area (Å²) in [7, 11) is -0.909. The predicted octanol–water partition coefficient (Wildman–Crippen LogP) is 2.31. The van der Waals surface area contributed by atoms with Gasteiger partial charge in [0.1, 0.15) is 5.75 Å². The average molecular weight is 304 g/mol. The molecule has 0 fully saturated rings. The monoisotopic (exact) mass is 304 g/mol. The van der Waals surface area contributed by atoms with Crippen LogP contribution in [0.15, 0.2) is 42.5 Å². The number of pyridine rings is 1. The molecule has 2 rings (SSSR count). The second kappa shape index (κ2) is 7.33. The molecule has 0 aliphatic carbocycles. The first-order valence-corrected chi connectivity index (χ1v) is 8.53. The van der Waals surface area contributed by atoms with Crippen LogP contribution >= 0.6 is 0 Å². The van der Waals surface area contributed by atoms with Gasteiger partial charge in [-0.2, -0.15) is 0 Å². The van der Waals surface area contributed by atoms with Crippen molar-refractivity contribution in [1.29, 1.82) is 0 Å². The normalized spacial score (nSPS) is 13.8. The van der Waals surface area contributed by atoms with Gasteiger partial charge in [0.25, 0.3) is 0 Å². The molecular weight excluding hydrogens is 284 g/mol. The molecule has 0 aliphatic rings. The number of aryl methyl sites for hydroxylation is 1. The van der Waals surface area contributed by atoms with E-state index in [9.17, 15) is 9.32 Å². The van der Waals surface area contributed by atoms with Gasteiger partial charge in [0.2, 0.25) is 0 Å². The predicted molar refractivity (Wildman–Crippen MR) is 85.6 cm³/mol. The Morgan fingerprint density at radius 1 is 1.24 bits per heavy atom. The maximum atomic E-state index is 11.6. The van der Waals surface area contributed by atoms with E-state index in [4.69, 9.17) is 0 Å². The second-order valence-corrected chi connectivity index (χ2v) is 6.48. The Kier molecular flexibility index (Phi) is 5.47. The largest absolute Gasteiger partial charge is 0.506 e. The van der Waals surface area contributed by atoms with Gasteiger partial charge in [-0.25, -0.2) is 0 Å². The Bertz CT molecular complexity index is 617. The van der Waals surface area contributed by atoms with Crippen LogP contribution in [0.1, 0.15) is 23.0 Å². The second-order valence-electron chi connectivity index (χ2n) is 5.00. The van der Waals surface area contributed by atoms with E-state index in [1.807, 2.05) is 37.3 Å². The van der Waals surface area contributed by atoms with E-state index in [0.29, 0.717) is 18.0 Å². The molecule has 5 heteroatoms.